The second-order valence-electron chi connectivity index (χ2n) is 4.50. The number of halogens is 1. The lowest BCUT2D eigenvalue weighted by Crippen LogP contribution is -2.13. The fourth-order valence-electron chi connectivity index (χ4n) is 1.83. The lowest BCUT2D eigenvalue weighted by atomic mass is 10.1. The molecule has 0 aliphatic carbocycles. The molecule has 0 spiro atoms. The molecule has 1 aromatic carbocycles. The van der Waals surface area contributed by atoms with E-state index in [-0.39, 0.29) is 15.7 Å². The predicted molar refractivity (Wildman–Crippen MR) is 82.2 cm³/mol. The van der Waals surface area contributed by atoms with E-state index in [0.717, 1.165) is 18.4 Å². The molecule has 0 aliphatic heterocycles. The average Bonchev–Trinajstić information content (AvgIpc) is 2.43. The summed E-state index contributed by atoms with van der Waals surface area (Å²) in [6.45, 7) is 2.06. The van der Waals surface area contributed by atoms with Crippen LogP contribution < -0.4 is 4.72 Å². The summed E-state index contributed by atoms with van der Waals surface area (Å²) in [5, 5.41) is 9.68. The summed E-state index contributed by atoms with van der Waals surface area (Å²) in [5.41, 5.74) is 1.06. The molecule has 0 atom stereocenters. The molecule has 5 nitrogen and oxygen atoms in total. The SMILES string of the molecule is CCCc1ccc(S(=O)(=O)Nc2ccc(Cl)nc2O)cc1. The Kier molecular flexibility index (Phi) is 4.69. The van der Waals surface area contributed by atoms with Crippen LogP contribution in [0.15, 0.2) is 41.3 Å². The zero-order valence-corrected chi connectivity index (χ0v) is 12.9. The molecule has 0 unspecified atom stereocenters. The van der Waals surface area contributed by atoms with Gasteiger partial charge in [0.1, 0.15) is 10.8 Å². The van der Waals surface area contributed by atoms with Crippen LogP contribution in [0.4, 0.5) is 5.69 Å². The molecule has 2 aromatic rings. The molecule has 0 fully saturated rings. The molecule has 0 saturated heterocycles. The van der Waals surface area contributed by atoms with Crippen molar-refractivity contribution in [2.75, 3.05) is 4.72 Å². The zero-order valence-electron chi connectivity index (χ0n) is 11.4. The minimum atomic E-state index is -3.77. The van der Waals surface area contributed by atoms with E-state index in [1.54, 1.807) is 12.1 Å². The molecule has 1 heterocycles. The van der Waals surface area contributed by atoms with Gasteiger partial charge in [-0.25, -0.2) is 8.42 Å². The Morgan fingerprint density at radius 2 is 1.86 bits per heavy atom. The lowest BCUT2D eigenvalue weighted by Gasteiger charge is -2.09. The maximum atomic E-state index is 12.2. The lowest BCUT2D eigenvalue weighted by molar-refractivity contribution is 0.456. The van der Waals surface area contributed by atoms with Crippen LogP contribution in [-0.2, 0) is 16.4 Å². The van der Waals surface area contributed by atoms with Crippen LogP contribution in [0.25, 0.3) is 0 Å². The molecule has 2 N–H and O–H groups in total. The Balaban J connectivity index is 2.25. The Hall–Kier alpha value is -1.79. The van der Waals surface area contributed by atoms with Crippen molar-refractivity contribution in [3.63, 3.8) is 0 Å². The normalized spacial score (nSPS) is 11.3. The van der Waals surface area contributed by atoms with Gasteiger partial charge in [-0.1, -0.05) is 37.1 Å². The van der Waals surface area contributed by atoms with Gasteiger partial charge in [-0.2, -0.15) is 4.98 Å². The van der Waals surface area contributed by atoms with Crippen molar-refractivity contribution in [3.05, 3.63) is 47.1 Å². The van der Waals surface area contributed by atoms with E-state index in [4.69, 9.17) is 11.6 Å². The van der Waals surface area contributed by atoms with E-state index >= 15 is 0 Å². The largest absolute Gasteiger partial charge is 0.492 e. The molecular weight excluding hydrogens is 312 g/mol. The quantitative estimate of drug-likeness (QED) is 0.827. The third kappa shape index (κ3) is 3.86. The number of hydrogen-bond acceptors (Lipinski definition) is 4. The van der Waals surface area contributed by atoms with Crippen LogP contribution in [0, 0.1) is 0 Å². The average molecular weight is 327 g/mol. The van der Waals surface area contributed by atoms with Crippen molar-refractivity contribution in [2.45, 2.75) is 24.7 Å². The van der Waals surface area contributed by atoms with Crippen LogP contribution in [0.5, 0.6) is 5.88 Å². The van der Waals surface area contributed by atoms with Crippen LogP contribution in [-0.4, -0.2) is 18.5 Å². The van der Waals surface area contributed by atoms with Crippen molar-refractivity contribution in [3.8, 4) is 5.88 Å². The summed E-state index contributed by atoms with van der Waals surface area (Å²) in [6.07, 6.45) is 1.89. The Morgan fingerprint density at radius 3 is 2.43 bits per heavy atom. The van der Waals surface area contributed by atoms with Gasteiger partial charge >= 0.3 is 0 Å². The van der Waals surface area contributed by atoms with E-state index in [2.05, 4.69) is 16.6 Å². The summed E-state index contributed by atoms with van der Waals surface area (Å²) in [4.78, 5) is 3.71. The van der Waals surface area contributed by atoms with Crippen molar-refractivity contribution in [1.29, 1.82) is 0 Å². The molecule has 0 radical (unpaired) electrons. The molecular formula is C14H15ClN2O3S. The number of hydrogen-bond donors (Lipinski definition) is 2. The highest BCUT2D eigenvalue weighted by molar-refractivity contribution is 7.92. The number of sulfonamides is 1. The number of rotatable bonds is 5. The van der Waals surface area contributed by atoms with Crippen molar-refractivity contribution >= 4 is 27.3 Å². The van der Waals surface area contributed by atoms with Gasteiger partial charge < -0.3 is 5.11 Å². The minimum Gasteiger partial charge on any atom is -0.492 e. The molecule has 112 valence electrons. The number of nitrogens with one attached hydrogen (secondary N) is 1. The fourth-order valence-corrected chi connectivity index (χ4v) is 3.04. The van der Waals surface area contributed by atoms with Crippen molar-refractivity contribution < 1.29 is 13.5 Å². The van der Waals surface area contributed by atoms with Gasteiger partial charge in [-0.05, 0) is 36.2 Å². The fraction of sp³-hybridized carbons (Fsp3) is 0.214. The number of aromatic hydroxyl groups is 1. The summed E-state index contributed by atoms with van der Waals surface area (Å²) in [5.74, 6) is -0.464. The van der Waals surface area contributed by atoms with Crippen molar-refractivity contribution in [2.24, 2.45) is 0 Å². The van der Waals surface area contributed by atoms with Crippen LogP contribution >= 0.6 is 11.6 Å². The molecule has 0 aliphatic rings. The first-order chi connectivity index (χ1) is 9.92. The molecule has 0 bridgehead atoms. The van der Waals surface area contributed by atoms with Crippen molar-refractivity contribution in [1.82, 2.24) is 4.98 Å². The third-order valence-electron chi connectivity index (χ3n) is 2.86. The number of nitrogens with zero attached hydrogens (tertiary/aromatic N) is 1. The first-order valence-electron chi connectivity index (χ1n) is 6.39. The second kappa shape index (κ2) is 6.32. The Morgan fingerprint density at radius 1 is 1.19 bits per heavy atom. The monoisotopic (exact) mass is 326 g/mol. The maximum Gasteiger partial charge on any atom is 0.262 e. The first-order valence-corrected chi connectivity index (χ1v) is 8.26. The third-order valence-corrected chi connectivity index (χ3v) is 4.45. The van der Waals surface area contributed by atoms with E-state index < -0.39 is 15.9 Å². The van der Waals surface area contributed by atoms with Gasteiger partial charge in [-0.3, -0.25) is 4.72 Å². The first kappa shape index (κ1) is 15.6. The van der Waals surface area contributed by atoms with Crippen LogP contribution in [0.3, 0.4) is 0 Å². The van der Waals surface area contributed by atoms with E-state index in [1.165, 1.54) is 24.3 Å². The number of benzene rings is 1. The molecule has 1 aromatic heterocycles. The van der Waals surface area contributed by atoms with E-state index in [1.807, 2.05) is 0 Å². The number of aromatic nitrogens is 1. The molecule has 21 heavy (non-hydrogen) atoms. The standard InChI is InChI=1S/C14H15ClN2O3S/c1-2-3-10-4-6-11(7-5-10)21(19,20)17-12-8-9-13(15)16-14(12)18/h4-9,17H,2-3H2,1H3,(H,16,18). The van der Waals surface area contributed by atoms with Gasteiger partial charge in [0.25, 0.3) is 10.0 Å². The van der Waals surface area contributed by atoms with Gasteiger partial charge in [0.2, 0.25) is 5.88 Å². The molecule has 0 saturated carbocycles. The molecule has 2 rings (SSSR count). The van der Waals surface area contributed by atoms with Gasteiger partial charge in [0, 0.05) is 0 Å². The predicted octanol–water partition coefficient (Wildman–Crippen LogP) is 3.19. The van der Waals surface area contributed by atoms with Crippen LogP contribution in [0.1, 0.15) is 18.9 Å². The number of pyridine rings is 1. The van der Waals surface area contributed by atoms with Crippen LogP contribution in [0.2, 0.25) is 5.15 Å². The second-order valence-corrected chi connectivity index (χ2v) is 6.57. The summed E-state index contributed by atoms with van der Waals surface area (Å²) in [7, 11) is -3.77. The summed E-state index contributed by atoms with van der Waals surface area (Å²) >= 11 is 5.60. The number of aryl methyl sites for hydroxylation is 1. The minimum absolute atomic E-state index is 0.0166. The maximum absolute atomic E-state index is 12.2. The van der Waals surface area contributed by atoms with E-state index in [0.29, 0.717) is 0 Å². The Labute approximate surface area is 128 Å². The molecule has 0 amide bonds. The van der Waals surface area contributed by atoms with E-state index in [9.17, 15) is 13.5 Å². The topological polar surface area (TPSA) is 79.3 Å². The molecule has 7 heteroatoms. The highest BCUT2D eigenvalue weighted by Crippen LogP contribution is 2.25. The zero-order chi connectivity index (χ0) is 15.5. The van der Waals surface area contributed by atoms with Gasteiger partial charge in [0.05, 0.1) is 4.90 Å². The van der Waals surface area contributed by atoms with Gasteiger partial charge in [0.15, 0.2) is 0 Å². The smallest absolute Gasteiger partial charge is 0.262 e. The van der Waals surface area contributed by atoms with Gasteiger partial charge in [-0.15, -0.1) is 0 Å². The highest BCUT2D eigenvalue weighted by atomic mass is 35.5. The Bertz CT molecular complexity index is 730. The number of anilines is 1. The summed E-state index contributed by atoms with van der Waals surface area (Å²) in [6, 6.07) is 9.37. The summed E-state index contributed by atoms with van der Waals surface area (Å²) < 4.78 is 26.7. The highest BCUT2D eigenvalue weighted by Gasteiger charge is 2.16.